The van der Waals surface area contributed by atoms with Gasteiger partial charge < -0.3 is 5.32 Å². The van der Waals surface area contributed by atoms with Crippen LogP contribution in [-0.2, 0) is 16.1 Å². The zero-order valence-corrected chi connectivity index (χ0v) is 12.1. The molecule has 4 rings (SSSR count). The summed E-state index contributed by atoms with van der Waals surface area (Å²) >= 11 is 0. The van der Waals surface area contributed by atoms with E-state index in [-0.39, 0.29) is 6.54 Å². The number of nitrogens with zero attached hydrogens (tertiary/aromatic N) is 2. The van der Waals surface area contributed by atoms with E-state index in [4.69, 9.17) is 0 Å². The first kappa shape index (κ1) is 13.5. The smallest absolute Gasteiger partial charge is 0.322 e. The Bertz CT molecular complexity index is 819. The minimum absolute atomic E-state index is 0.154. The number of amides is 4. The van der Waals surface area contributed by atoms with Gasteiger partial charge in [0.2, 0.25) is 0 Å². The van der Waals surface area contributed by atoms with E-state index in [1.807, 2.05) is 30.3 Å². The lowest BCUT2D eigenvalue weighted by Gasteiger charge is -2.28. The van der Waals surface area contributed by atoms with Gasteiger partial charge in [0.1, 0.15) is 0 Å². The first-order chi connectivity index (χ1) is 11.2. The van der Waals surface area contributed by atoms with Gasteiger partial charge in [0.05, 0.1) is 17.9 Å². The van der Waals surface area contributed by atoms with Crippen molar-refractivity contribution in [2.45, 2.75) is 12.6 Å². The number of nitrogens with one attached hydrogen (secondary N) is 1. The molecule has 2 heterocycles. The summed E-state index contributed by atoms with van der Waals surface area (Å²) in [6, 6.07) is 14.6. The van der Waals surface area contributed by atoms with Crippen LogP contribution in [0.5, 0.6) is 0 Å². The van der Waals surface area contributed by atoms with Gasteiger partial charge in [0.25, 0.3) is 11.8 Å². The second-order valence-electron chi connectivity index (χ2n) is 5.47. The molecule has 2 aliphatic rings. The Morgan fingerprint density at radius 2 is 1.61 bits per heavy atom. The minimum atomic E-state index is -1.12. The van der Waals surface area contributed by atoms with E-state index < -0.39 is 23.9 Å². The number of hydrogen-bond acceptors (Lipinski definition) is 3. The number of urea groups is 1. The molecule has 1 saturated heterocycles. The van der Waals surface area contributed by atoms with Crippen LogP contribution in [0.15, 0.2) is 54.6 Å². The Labute approximate surface area is 132 Å². The van der Waals surface area contributed by atoms with Gasteiger partial charge in [-0.2, -0.15) is 0 Å². The second kappa shape index (κ2) is 4.95. The van der Waals surface area contributed by atoms with Crippen molar-refractivity contribution in [3.8, 4) is 0 Å². The zero-order chi connectivity index (χ0) is 16.0. The predicted molar refractivity (Wildman–Crippen MR) is 83.7 cm³/mol. The summed E-state index contributed by atoms with van der Waals surface area (Å²) in [4.78, 5) is 39.9. The Kier molecular flexibility index (Phi) is 2.90. The summed E-state index contributed by atoms with van der Waals surface area (Å²) < 4.78 is 0. The lowest BCUT2D eigenvalue weighted by Crippen LogP contribution is -2.48. The Morgan fingerprint density at radius 3 is 2.39 bits per heavy atom. The van der Waals surface area contributed by atoms with E-state index >= 15 is 0 Å². The summed E-state index contributed by atoms with van der Waals surface area (Å²) in [5, 5.41) is 2.69. The molecule has 0 radical (unpaired) electrons. The quantitative estimate of drug-likeness (QED) is 0.681. The third-order valence-corrected chi connectivity index (χ3v) is 4.05. The molecule has 23 heavy (non-hydrogen) atoms. The van der Waals surface area contributed by atoms with Crippen LogP contribution in [0.25, 0.3) is 0 Å². The maximum absolute atomic E-state index is 12.7. The molecule has 6 nitrogen and oxygen atoms in total. The maximum atomic E-state index is 12.7. The molecule has 6 heteroatoms. The molecular formula is C17H13N3O3. The van der Waals surface area contributed by atoms with Gasteiger partial charge in [-0.15, -0.1) is 0 Å². The number of hydrogen-bond donors (Lipinski definition) is 1. The van der Waals surface area contributed by atoms with Crippen molar-refractivity contribution in [1.82, 2.24) is 4.90 Å². The van der Waals surface area contributed by atoms with Crippen molar-refractivity contribution in [2.75, 3.05) is 10.2 Å². The SMILES string of the molecule is O=C1Nc2ccccc2N2C(=O)N(Cc3ccccc3)C(=O)C12. The molecule has 0 spiro atoms. The van der Waals surface area contributed by atoms with Crippen LogP contribution >= 0.6 is 0 Å². The first-order valence-electron chi connectivity index (χ1n) is 7.25. The van der Waals surface area contributed by atoms with Crippen LogP contribution in [0.1, 0.15) is 5.56 Å². The number of imide groups is 1. The summed E-state index contributed by atoms with van der Waals surface area (Å²) in [6.45, 7) is 0.154. The second-order valence-corrected chi connectivity index (χ2v) is 5.47. The summed E-state index contributed by atoms with van der Waals surface area (Å²) in [5.74, 6) is -0.969. The molecule has 1 unspecified atom stereocenters. The fraction of sp³-hybridized carbons (Fsp3) is 0.118. The van der Waals surface area contributed by atoms with Crippen LogP contribution in [0.2, 0.25) is 0 Å². The van der Waals surface area contributed by atoms with Crippen molar-refractivity contribution >= 4 is 29.2 Å². The summed E-state index contributed by atoms with van der Waals surface area (Å²) in [6.07, 6.45) is 0. The van der Waals surface area contributed by atoms with E-state index in [0.29, 0.717) is 11.4 Å². The van der Waals surface area contributed by atoms with Gasteiger partial charge in [-0.1, -0.05) is 42.5 Å². The molecule has 0 saturated carbocycles. The number of carbonyl (C=O) groups is 3. The van der Waals surface area contributed by atoms with E-state index in [2.05, 4.69) is 5.32 Å². The molecule has 2 aliphatic heterocycles. The zero-order valence-electron chi connectivity index (χ0n) is 12.1. The number of anilines is 2. The highest BCUT2D eigenvalue weighted by molar-refractivity contribution is 6.28. The van der Waals surface area contributed by atoms with Crippen molar-refractivity contribution in [2.24, 2.45) is 0 Å². The summed E-state index contributed by atoms with van der Waals surface area (Å²) in [7, 11) is 0. The number of rotatable bonds is 2. The molecule has 1 N–H and O–H groups in total. The Hall–Kier alpha value is -3.15. The van der Waals surface area contributed by atoms with Gasteiger partial charge in [-0.3, -0.25) is 19.4 Å². The van der Waals surface area contributed by atoms with Crippen LogP contribution < -0.4 is 10.2 Å². The molecule has 2 aromatic rings. The van der Waals surface area contributed by atoms with Crippen LogP contribution in [0.4, 0.5) is 16.2 Å². The Balaban J connectivity index is 1.73. The van der Waals surface area contributed by atoms with E-state index in [1.54, 1.807) is 24.3 Å². The number of para-hydroxylation sites is 2. The average molecular weight is 307 g/mol. The third kappa shape index (κ3) is 1.99. The molecule has 1 fully saturated rings. The van der Waals surface area contributed by atoms with E-state index in [9.17, 15) is 14.4 Å². The van der Waals surface area contributed by atoms with Crippen LogP contribution in [0.3, 0.4) is 0 Å². The van der Waals surface area contributed by atoms with Crippen molar-refractivity contribution in [1.29, 1.82) is 0 Å². The van der Waals surface area contributed by atoms with Gasteiger partial charge in [-0.05, 0) is 17.7 Å². The molecule has 4 amide bonds. The normalized spacial score (nSPS) is 19.5. The largest absolute Gasteiger partial charge is 0.332 e. The summed E-state index contributed by atoms with van der Waals surface area (Å²) in [5.41, 5.74) is 1.92. The first-order valence-corrected chi connectivity index (χ1v) is 7.25. The molecular weight excluding hydrogens is 294 g/mol. The molecule has 2 aromatic carbocycles. The number of benzene rings is 2. The van der Waals surface area contributed by atoms with Crippen molar-refractivity contribution < 1.29 is 14.4 Å². The fourth-order valence-corrected chi connectivity index (χ4v) is 2.97. The lowest BCUT2D eigenvalue weighted by atomic mass is 10.1. The fourth-order valence-electron chi connectivity index (χ4n) is 2.97. The van der Waals surface area contributed by atoms with E-state index in [1.165, 1.54) is 4.90 Å². The molecule has 0 aliphatic carbocycles. The Morgan fingerprint density at radius 1 is 0.913 bits per heavy atom. The highest BCUT2D eigenvalue weighted by Gasteiger charge is 2.52. The third-order valence-electron chi connectivity index (χ3n) is 4.05. The molecule has 114 valence electrons. The number of fused-ring (bicyclic) bond motifs is 3. The van der Waals surface area contributed by atoms with Crippen molar-refractivity contribution in [3.05, 3.63) is 60.2 Å². The van der Waals surface area contributed by atoms with Crippen LogP contribution in [0, 0.1) is 0 Å². The maximum Gasteiger partial charge on any atom is 0.332 e. The number of carbonyl (C=O) groups excluding carboxylic acids is 3. The van der Waals surface area contributed by atoms with Crippen molar-refractivity contribution in [3.63, 3.8) is 0 Å². The monoisotopic (exact) mass is 307 g/mol. The van der Waals surface area contributed by atoms with Gasteiger partial charge in [0.15, 0.2) is 6.04 Å². The van der Waals surface area contributed by atoms with Gasteiger partial charge >= 0.3 is 6.03 Å². The highest BCUT2D eigenvalue weighted by Crippen LogP contribution is 2.36. The molecule has 0 bridgehead atoms. The predicted octanol–water partition coefficient (Wildman–Crippen LogP) is 1.98. The van der Waals surface area contributed by atoms with Gasteiger partial charge in [-0.25, -0.2) is 4.79 Å². The molecule has 0 aromatic heterocycles. The average Bonchev–Trinajstić information content (AvgIpc) is 2.82. The highest BCUT2D eigenvalue weighted by atomic mass is 16.2. The molecule has 1 atom stereocenters. The van der Waals surface area contributed by atoms with Gasteiger partial charge in [0, 0.05) is 0 Å². The standard InChI is InChI=1S/C17H13N3O3/c21-15-14-16(22)19(10-11-6-2-1-3-7-11)17(23)20(14)13-9-5-4-8-12(13)18-15/h1-9,14H,10H2,(H,18,21). The lowest BCUT2D eigenvalue weighted by molar-refractivity contribution is -0.132. The van der Waals surface area contributed by atoms with Crippen LogP contribution in [-0.4, -0.2) is 28.8 Å². The van der Waals surface area contributed by atoms with E-state index in [0.717, 1.165) is 10.5 Å². The minimum Gasteiger partial charge on any atom is -0.322 e. The topological polar surface area (TPSA) is 69.7 Å².